The minimum Gasteiger partial charge on any atom is -0.450 e. The standard InChI is InChI=1S/C13H11N3O6/c1-7-14-11(15-22-7)8-2-4-9(5-3-8)16-6-10(20-12(16)17)21-13(18)19/h2-5,10H,6H2,1H3,(H,18,19). The van der Waals surface area contributed by atoms with E-state index in [0.717, 1.165) is 5.56 Å². The number of hydrogen-bond acceptors (Lipinski definition) is 7. The fourth-order valence-electron chi connectivity index (χ4n) is 2.03. The third kappa shape index (κ3) is 2.68. The highest BCUT2D eigenvalue weighted by Gasteiger charge is 2.34. The van der Waals surface area contributed by atoms with E-state index in [1.54, 1.807) is 31.2 Å². The van der Waals surface area contributed by atoms with Gasteiger partial charge in [0.1, 0.15) is 6.54 Å². The summed E-state index contributed by atoms with van der Waals surface area (Å²) >= 11 is 0. The summed E-state index contributed by atoms with van der Waals surface area (Å²) in [7, 11) is 0. The summed E-state index contributed by atoms with van der Waals surface area (Å²) in [4.78, 5) is 27.5. The number of anilines is 1. The first-order valence-corrected chi connectivity index (χ1v) is 6.31. The van der Waals surface area contributed by atoms with E-state index in [2.05, 4.69) is 14.9 Å². The number of carbonyl (C=O) groups excluding carboxylic acids is 1. The number of aromatic nitrogens is 2. The summed E-state index contributed by atoms with van der Waals surface area (Å²) in [5, 5.41) is 12.3. The number of carboxylic acid groups (broad SMARTS) is 1. The van der Waals surface area contributed by atoms with Crippen LogP contribution in [0, 0.1) is 6.92 Å². The number of ether oxygens (including phenoxy) is 2. The maximum atomic E-state index is 11.7. The fourth-order valence-corrected chi connectivity index (χ4v) is 2.03. The lowest BCUT2D eigenvalue weighted by atomic mass is 10.2. The van der Waals surface area contributed by atoms with Crippen molar-refractivity contribution in [2.45, 2.75) is 13.2 Å². The van der Waals surface area contributed by atoms with Crippen LogP contribution >= 0.6 is 0 Å². The van der Waals surface area contributed by atoms with Crippen LogP contribution < -0.4 is 4.90 Å². The molecule has 9 heteroatoms. The summed E-state index contributed by atoms with van der Waals surface area (Å²) in [6, 6.07) is 6.79. The number of aryl methyl sites for hydroxylation is 1. The highest BCUT2D eigenvalue weighted by atomic mass is 16.8. The second kappa shape index (κ2) is 5.35. The molecule has 9 nitrogen and oxygen atoms in total. The van der Waals surface area contributed by atoms with Crippen LogP contribution in [0.15, 0.2) is 28.8 Å². The molecule has 1 unspecified atom stereocenters. The Hall–Kier alpha value is -3.10. The predicted octanol–water partition coefficient (Wildman–Crippen LogP) is 2.02. The summed E-state index contributed by atoms with van der Waals surface area (Å²) in [5.41, 5.74) is 1.27. The molecule has 2 heterocycles. The van der Waals surface area contributed by atoms with Crippen molar-refractivity contribution < 1.29 is 28.7 Å². The lowest BCUT2D eigenvalue weighted by molar-refractivity contribution is -0.0491. The van der Waals surface area contributed by atoms with Gasteiger partial charge in [0, 0.05) is 18.2 Å². The van der Waals surface area contributed by atoms with Crippen molar-refractivity contribution in [3.8, 4) is 11.4 Å². The Bertz CT molecular complexity index is 711. The van der Waals surface area contributed by atoms with E-state index in [-0.39, 0.29) is 6.54 Å². The molecule has 22 heavy (non-hydrogen) atoms. The Labute approximate surface area is 124 Å². The lowest BCUT2D eigenvalue weighted by Gasteiger charge is -2.12. The largest absolute Gasteiger partial charge is 0.508 e. The SMILES string of the molecule is Cc1nc(-c2ccc(N3CC(OC(=O)O)OC3=O)cc2)no1. The van der Waals surface area contributed by atoms with Gasteiger partial charge < -0.3 is 19.1 Å². The molecule has 1 aliphatic heterocycles. The normalized spacial score (nSPS) is 17.4. The summed E-state index contributed by atoms with van der Waals surface area (Å²) in [6.45, 7) is 1.68. The third-order valence-corrected chi connectivity index (χ3v) is 2.98. The molecule has 1 fully saturated rings. The summed E-state index contributed by atoms with van der Waals surface area (Å²) in [5.74, 6) is 0.899. The monoisotopic (exact) mass is 305 g/mol. The second-order valence-electron chi connectivity index (χ2n) is 4.49. The van der Waals surface area contributed by atoms with Gasteiger partial charge in [0.15, 0.2) is 0 Å². The van der Waals surface area contributed by atoms with Gasteiger partial charge in [0.2, 0.25) is 11.7 Å². The number of carbonyl (C=O) groups is 2. The number of amides is 1. The number of nitrogens with zero attached hydrogens (tertiary/aromatic N) is 3. The van der Waals surface area contributed by atoms with Gasteiger partial charge in [-0.25, -0.2) is 9.59 Å². The average molecular weight is 305 g/mol. The molecule has 0 saturated carbocycles. The molecule has 1 N–H and O–H groups in total. The zero-order chi connectivity index (χ0) is 15.7. The molecule has 0 spiro atoms. The zero-order valence-corrected chi connectivity index (χ0v) is 11.4. The average Bonchev–Trinajstić information content (AvgIpc) is 3.05. The van der Waals surface area contributed by atoms with E-state index in [4.69, 9.17) is 14.4 Å². The van der Waals surface area contributed by atoms with E-state index >= 15 is 0 Å². The van der Waals surface area contributed by atoms with Crippen molar-refractivity contribution in [2.75, 3.05) is 11.4 Å². The zero-order valence-electron chi connectivity index (χ0n) is 11.4. The molecule has 2 aromatic rings. The lowest BCUT2D eigenvalue weighted by Crippen LogP contribution is -2.25. The Kier molecular flexibility index (Phi) is 3.37. The molecule has 114 valence electrons. The van der Waals surface area contributed by atoms with Gasteiger partial charge in [-0.1, -0.05) is 5.16 Å². The molecule has 3 rings (SSSR count). The van der Waals surface area contributed by atoms with E-state index in [0.29, 0.717) is 17.4 Å². The highest BCUT2D eigenvalue weighted by Crippen LogP contribution is 2.25. The van der Waals surface area contributed by atoms with Crippen LogP contribution in [-0.4, -0.2) is 40.3 Å². The van der Waals surface area contributed by atoms with Crippen LogP contribution in [0.4, 0.5) is 15.3 Å². The third-order valence-electron chi connectivity index (χ3n) is 2.98. The smallest absolute Gasteiger partial charge is 0.450 e. The highest BCUT2D eigenvalue weighted by molar-refractivity contribution is 5.90. The Morgan fingerprint density at radius 1 is 1.41 bits per heavy atom. The van der Waals surface area contributed by atoms with Gasteiger partial charge in [-0.3, -0.25) is 4.90 Å². The predicted molar refractivity (Wildman–Crippen MR) is 71.2 cm³/mol. The van der Waals surface area contributed by atoms with Gasteiger partial charge in [0.25, 0.3) is 6.29 Å². The quantitative estimate of drug-likeness (QED) is 0.856. The van der Waals surface area contributed by atoms with Crippen molar-refractivity contribution in [1.29, 1.82) is 0 Å². The Balaban J connectivity index is 1.75. The van der Waals surface area contributed by atoms with Crippen molar-refractivity contribution in [3.05, 3.63) is 30.2 Å². The molecule has 0 bridgehead atoms. The van der Waals surface area contributed by atoms with Gasteiger partial charge in [0.05, 0.1) is 0 Å². The first kappa shape index (κ1) is 13.9. The van der Waals surface area contributed by atoms with Gasteiger partial charge >= 0.3 is 12.2 Å². The van der Waals surface area contributed by atoms with Gasteiger partial charge in [-0.05, 0) is 24.3 Å². The summed E-state index contributed by atoms with van der Waals surface area (Å²) < 4.78 is 14.1. The van der Waals surface area contributed by atoms with Crippen molar-refractivity contribution in [1.82, 2.24) is 10.1 Å². The second-order valence-corrected chi connectivity index (χ2v) is 4.49. The maximum Gasteiger partial charge on any atom is 0.508 e. The van der Waals surface area contributed by atoms with Crippen molar-refractivity contribution in [3.63, 3.8) is 0 Å². The molecule has 1 aliphatic rings. The van der Waals surface area contributed by atoms with Gasteiger partial charge in [-0.2, -0.15) is 4.98 Å². The number of benzene rings is 1. The van der Waals surface area contributed by atoms with E-state index in [9.17, 15) is 9.59 Å². The van der Waals surface area contributed by atoms with Crippen molar-refractivity contribution in [2.24, 2.45) is 0 Å². The first-order chi connectivity index (χ1) is 10.5. The number of hydrogen-bond donors (Lipinski definition) is 1. The molecule has 0 aliphatic carbocycles. The molecular weight excluding hydrogens is 294 g/mol. The Morgan fingerprint density at radius 2 is 2.14 bits per heavy atom. The Morgan fingerprint density at radius 3 is 2.73 bits per heavy atom. The first-order valence-electron chi connectivity index (χ1n) is 6.31. The molecule has 1 amide bonds. The van der Waals surface area contributed by atoms with Crippen LogP contribution in [0.2, 0.25) is 0 Å². The number of rotatable bonds is 3. The molecular formula is C13H11N3O6. The minimum atomic E-state index is -1.50. The fraction of sp³-hybridized carbons (Fsp3) is 0.231. The van der Waals surface area contributed by atoms with Crippen LogP contribution in [-0.2, 0) is 9.47 Å². The molecule has 1 atom stereocenters. The van der Waals surface area contributed by atoms with Gasteiger partial charge in [-0.15, -0.1) is 0 Å². The van der Waals surface area contributed by atoms with E-state index < -0.39 is 18.5 Å². The van der Waals surface area contributed by atoms with Crippen LogP contribution in [0.25, 0.3) is 11.4 Å². The topological polar surface area (TPSA) is 115 Å². The van der Waals surface area contributed by atoms with Crippen LogP contribution in [0.1, 0.15) is 5.89 Å². The molecule has 1 aromatic carbocycles. The molecule has 0 radical (unpaired) electrons. The summed E-state index contributed by atoms with van der Waals surface area (Å²) in [6.07, 6.45) is -3.30. The molecule has 1 aromatic heterocycles. The maximum absolute atomic E-state index is 11.7. The number of cyclic esters (lactones) is 1. The minimum absolute atomic E-state index is 0.00814. The van der Waals surface area contributed by atoms with E-state index in [1.165, 1.54) is 4.90 Å². The van der Waals surface area contributed by atoms with E-state index in [1.807, 2.05) is 0 Å². The van der Waals surface area contributed by atoms with Crippen molar-refractivity contribution >= 4 is 17.9 Å². The molecule has 1 saturated heterocycles. The van der Waals surface area contributed by atoms with Crippen LogP contribution in [0.3, 0.4) is 0 Å². The van der Waals surface area contributed by atoms with Crippen LogP contribution in [0.5, 0.6) is 0 Å².